The average molecular weight is 297 g/mol. The number of aromatic nitrogens is 1. The second kappa shape index (κ2) is 8.95. The summed E-state index contributed by atoms with van der Waals surface area (Å²) < 4.78 is 0. The smallest absolute Gasteiger partial charge is 0.233 e. The van der Waals surface area contributed by atoms with Crippen molar-refractivity contribution in [2.24, 2.45) is 0 Å². The Morgan fingerprint density at radius 3 is 2.59 bits per heavy atom. The van der Waals surface area contributed by atoms with E-state index in [1.54, 1.807) is 6.20 Å². The molecule has 0 unspecified atom stereocenters. The topological polar surface area (TPSA) is 54.0 Å². The van der Waals surface area contributed by atoms with Crippen LogP contribution in [0.15, 0.2) is 54.7 Å². The van der Waals surface area contributed by atoms with Crippen LogP contribution in [0.4, 0.5) is 0 Å². The first-order valence-electron chi connectivity index (χ1n) is 7.77. The molecule has 1 atom stereocenters. The molecular weight excluding hydrogens is 274 g/mol. The van der Waals surface area contributed by atoms with E-state index in [0.717, 1.165) is 30.6 Å². The monoisotopic (exact) mass is 297 g/mol. The van der Waals surface area contributed by atoms with Crippen LogP contribution in [0.3, 0.4) is 0 Å². The number of nitrogens with zero attached hydrogens (tertiary/aromatic N) is 1. The highest BCUT2D eigenvalue weighted by Gasteiger charge is 2.15. The predicted molar refractivity (Wildman–Crippen MR) is 88.4 cm³/mol. The molecule has 0 spiro atoms. The summed E-state index contributed by atoms with van der Waals surface area (Å²) in [4.78, 5) is 16.3. The van der Waals surface area contributed by atoms with Gasteiger partial charge in [0.2, 0.25) is 5.91 Å². The maximum atomic E-state index is 11.9. The molecular formula is C18H23N3O. The lowest BCUT2D eigenvalue weighted by Crippen LogP contribution is -2.36. The minimum Gasteiger partial charge on any atom is -0.355 e. The van der Waals surface area contributed by atoms with E-state index in [-0.39, 0.29) is 18.5 Å². The molecule has 0 fully saturated rings. The van der Waals surface area contributed by atoms with Gasteiger partial charge >= 0.3 is 0 Å². The van der Waals surface area contributed by atoms with E-state index in [4.69, 9.17) is 0 Å². The van der Waals surface area contributed by atoms with Crippen molar-refractivity contribution in [3.63, 3.8) is 0 Å². The molecule has 2 N–H and O–H groups in total. The van der Waals surface area contributed by atoms with Crippen molar-refractivity contribution < 1.29 is 4.79 Å². The number of benzene rings is 1. The van der Waals surface area contributed by atoms with Crippen molar-refractivity contribution in [3.05, 3.63) is 66.0 Å². The Morgan fingerprint density at radius 2 is 1.91 bits per heavy atom. The quantitative estimate of drug-likeness (QED) is 0.737. The fourth-order valence-corrected chi connectivity index (χ4v) is 2.25. The number of hydrogen-bond acceptors (Lipinski definition) is 3. The van der Waals surface area contributed by atoms with Crippen LogP contribution in [-0.2, 0) is 4.79 Å². The summed E-state index contributed by atoms with van der Waals surface area (Å²) >= 11 is 0. The highest BCUT2D eigenvalue weighted by atomic mass is 16.1. The second-order valence-electron chi connectivity index (χ2n) is 5.18. The van der Waals surface area contributed by atoms with Gasteiger partial charge in [-0.1, -0.05) is 49.7 Å². The minimum absolute atomic E-state index is 0.0188. The molecule has 0 aliphatic carbocycles. The zero-order chi connectivity index (χ0) is 15.6. The fourth-order valence-electron chi connectivity index (χ4n) is 2.25. The number of carbonyl (C=O) groups excluding carboxylic acids is 1. The summed E-state index contributed by atoms with van der Waals surface area (Å²) in [6, 6.07) is 15.8. The lowest BCUT2D eigenvalue weighted by atomic mass is 10.0. The Balaban J connectivity index is 2.02. The molecule has 1 amide bonds. The summed E-state index contributed by atoms with van der Waals surface area (Å²) in [7, 11) is 0. The highest BCUT2D eigenvalue weighted by Crippen LogP contribution is 2.19. The van der Waals surface area contributed by atoms with Crippen molar-refractivity contribution >= 4 is 5.91 Å². The summed E-state index contributed by atoms with van der Waals surface area (Å²) in [5.74, 6) is 0.0188. The zero-order valence-corrected chi connectivity index (χ0v) is 13.0. The van der Waals surface area contributed by atoms with Gasteiger partial charge in [-0.2, -0.15) is 0 Å². The molecule has 0 aliphatic heterocycles. The van der Waals surface area contributed by atoms with Gasteiger partial charge in [-0.15, -0.1) is 0 Å². The molecule has 1 aromatic carbocycles. The summed E-state index contributed by atoms with van der Waals surface area (Å²) in [5.41, 5.74) is 2.01. The molecule has 0 bridgehead atoms. The standard InChI is InChI=1S/C18H23N3O/c1-2-3-12-20-17(22)14-21-18(15-9-5-4-6-10-15)16-11-7-8-13-19-16/h4-11,13,18,21H,2-3,12,14H2,1H3,(H,20,22)/t18-/m0/s1. The summed E-state index contributed by atoms with van der Waals surface area (Å²) in [5, 5.41) is 6.22. The van der Waals surface area contributed by atoms with Gasteiger partial charge in [0, 0.05) is 12.7 Å². The Bertz CT molecular complexity index is 518. The number of carbonyl (C=O) groups is 1. The number of hydrogen-bond donors (Lipinski definition) is 2. The van der Waals surface area contributed by atoms with E-state index in [0.29, 0.717) is 0 Å². The third-order valence-electron chi connectivity index (χ3n) is 3.44. The van der Waals surface area contributed by atoms with Gasteiger partial charge in [-0.05, 0) is 24.1 Å². The van der Waals surface area contributed by atoms with Crippen molar-refractivity contribution in [1.82, 2.24) is 15.6 Å². The van der Waals surface area contributed by atoms with Gasteiger partial charge in [0.15, 0.2) is 0 Å². The van der Waals surface area contributed by atoms with Gasteiger partial charge in [0.25, 0.3) is 0 Å². The van der Waals surface area contributed by atoms with E-state index in [9.17, 15) is 4.79 Å². The Kier molecular flexibility index (Phi) is 6.58. The largest absolute Gasteiger partial charge is 0.355 e. The summed E-state index contributed by atoms with van der Waals surface area (Å²) in [6.07, 6.45) is 3.86. The SMILES string of the molecule is CCCCNC(=O)CN[C@@H](c1ccccc1)c1ccccn1. The normalized spacial score (nSPS) is 11.9. The maximum Gasteiger partial charge on any atom is 0.233 e. The number of nitrogens with one attached hydrogen (secondary N) is 2. The van der Waals surface area contributed by atoms with Crippen LogP contribution < -0.4 is 10.6 Å². The van der Waals surface area contributed by atoms with Gasteiger partial charge in [-0.3, -0.25) is 15.1 Å². The molecule has 0 saturated carbocycles. The first-order chi connectivity index (χ1) is 10.8. The zero-order valence-electron chi connectivity index (χ0n) is 13.0. The van der Waals surface area contributed by atoms with Crippen LogP contribution in [-0.4, -0.2) is 24.0 Å². The van der Waals surface area contributed by atoms with E-state index < -0.39 is 0 Å². The molecule has 1 heterocycles. The third-order valence-corrected chi connectivity index (χ3v) is 3.44. The Labute approximate surface area is 132 Å². The van der Waals surface area contributed by atoms with Crippen molar-refractivity contribution in [3.8, 4) is 0 Å². The van der Waals surface area contributed by atoms with E-state index in [2.05, 4.69) is 22.5 Å². The van der Waals surface area contributed by atoms with Crippen molar-refractivity contribution in [2.45, 2.75) is 25.8 Å². The van der Waals surface area contributed by atoms with Gasteiger partial charge < -0.3 is 5.32 Å². The highest BCUT2D eigenvalue weighted by molar-refractivity contribution is 5.78. The minimum atomic E-state index is -0.0840. The van der Waals surface area contributed by atoms with Crippen LogP contribution in [0.1, 0.15) is 37.1 Å². The molecule has 0 aliphatic rings. The number of pyridine rings is 1. The molecule has 4 nitrogen and oxygen atoms in total. The van der Waals surface area contributed by atoms with Crippen LogP contribution in [0, 0.1) is 0 Å². The number of unbranched alkanes of at least 4 members (excludes halogenated alkanes) is 1. The average Bonchev–Trinajstić information content (AvgIpc) is 2.57. The maximum absolute atomic E-state index is 11.9. The second-order valence-corrected chi connectivity index (χ2v) is 5.18. The third kappa shape index (κ3) is 4.97. The van der Waals surface area contributed by atoms with Crippen molar-refractivity contribution in [1.29, 1.82) is 0 Å². The molecule has 1 aromatic heterocycles. The predicted octanol–water partition coefficient (Wildman–Crippen LogP) is 2.68. The van der Waals surface area contributed by atoms with E-state index in [1.165, 1.54) is 0 Å². The lowest BCUT2D eigenvalue weighted by molar-refractivity contribution is -0.120. The molecule has 0 saturated heterocycles. The summed E-state index contributed by atoms with van der Waals surface area (Å²) in [6.45, 7) is 3.12. The fraction of sp³-hybridized carbons (Fsp3) is 0.333. The first kappa shape index (κ1) is 16.2. The molecule has 116 valence electrons. The molecule has 4 heteroatoms. The lowest BCUT2D eigenvalue weighted by Gasteiger charge is -2.18. The van der Waals surface area contributed by atoms with Crippen LogP contribution in [0.2, 0.25) is 0 Å². The van der Waals surface area contributed by atoms with Gasteiger partial charge in [0.05, 0.1) is 18.3 Å². The molecule has 2 aromatic rings. The number of amides is 1. The Morgan fingerprint density at radius 1 is 1.14 bits per heavy atom. The molecule has 22 heavy (non-hydrogen) atoms. The van der Waals surface area contributed by atoms with E-state index in [1.807, 2.05) is 48.5 Å². The van der Waals surface area contributed by atoms with Crippen molar-refractivity contribution in [2.75, 3.05) is 13.1 Å². The number of rotatable bonds is 8. The molecule has 0 radical (unpaired) electrons. The van der Waals surface area contributed by atoms with Gasteiger partial charge in [-0.25, -0.2) is 0 Å². The van der Waals surface area contributed by atoms with Crippen LogP contribution in [0.5, 0.6) is 0 Å². The Hall–Kier alpha value is -2.20. The van der Waals surface area contributed by atoms with Crippen LogP contribution in [0.25, 0.3) is 0 Å². The first-order valence-corrected chi connectivity index (χ1v) is 7.77. The van der Waals surface area contributed by atoms with Gasteiger partial charge in [0.1, 0.15) is 0 Å². The van der Waals surface area contributed by atoms with Crippen LogP contribution >= 0.6 is 0 Å². The molecule has 2 rings (SSSR count). The van der Waals surface area contributed by atoms with E-state index >= 15 is 0 Å².